The first-order chi connectivity index (χ1) is 15.2. The van der Waals surface area contributed by atoms with Gasteiger partial charge in [-0.3, -0.25) is 0 Å². The number of nitrogens with two attached hydrogens (primary N) is 1. The molecule has 0 atom stereocenters. The van der Waals surface area contributed by atoms with Gasteiger partial charge in [-0.1, -0.05) is 24.3 Å². The summed E-state index contributed by atoms with van der Waals surface area (Å²) < 4.78 is 5.87. The molecule has 1 fully saturated rings. The lowest BCUT2D eigenvalue weighted by Gasteiger charge is -2.33. The summed E-state index contributed by atoms with van der Waals surface area (Å²) in [5.41, 5.74) is 8.02. The van der Waals surface area contributed by atoms with Crippen LogP contribution in [0.25, 0.3) is 0 Å². The number of piperazine rings is 1. The van der Waals surface area contributed by atoms with Gasteiger partial charge >= 0.3 is 0 Å². The van der Waals surface area contributed by atoms with Crippen LogP contribution in [0.2, 0.25) is 0 Å². The lowest BCUT2D eigenvalue weighted by molar-refractivity contribution is 0.312. The average Bonchev–Trinajstić information content (AvgIpc) is 2.79. The minimum atomic E-state index is 0.356. The molecular formula is C24H28N6O. The Labute approximate surface area is 183 Å². The summed E-state index contributed by atoms with van der Waals surface area (Å²) in [7, 11) is 2.15. The van der Waals surface area contributed by atoms with Gasteiger partial charge in [-0.15, -0.1) is 0 Å². The third-order valence-electron chi connectivity index (χ3n) is 5.15. The Morgan fingerprint density at radius 3 is 2.58 bits per heavy atom. The SMILES string of the molecule is CN1CCN(c2cc(CN=C(N)Nc3cccc(Oc4ccccc4)c3)ccn2)CC1. The molecule has 0 radical (unpaired) electrons. The second kappa shape index (κ2) is 9.95. The van der Waals surface area contributed by atoms with Crippen LogP contribution in [0.3, 0.4) is 0 Å². The number of rotatable bonds is 6. The maximum absolute atomic E-state index is 6.12. The number of aromatic nitrogens is 1. The summed E-state index contributed by atoms with van der Waals surface area (Å²) in [5, 5.41) is 3.14. The van der Waals surface area contributed by atoms with Crippen molar-refractivity contribution in [2.75, 3.05) is 43.4 Å². The molecule has 3 N–H and O–H groups in total. The van der Waals surface area contributed by atoms with Gasteiger partial charge in [-0.25, -0.2) is 9.98 Å². The highest BCUT2D eigenvalue weighted by Crippen LogP contribution is 2.23. The van der Waals surface area contributed by atoms with Crippen LogP contribution in [0.15, 0.2) is 77.9 Å². The number of aliphatic imine (C=N–C) groups is 1. The summed E-state index contributed by atoms with van der Waals surface area (Å²) in [6.45, 7) is 4.56. The summed E-state index contributed by atoms with van der Waals surface area (Å²) in [4.78, 5) is 13.7. The van der Waals surface area contributed by atoms with Gasteiger partial charge in [0.25, 0.3) is 0 Å². The van der Waals surface area contributed by atoms with Crippen LogP contribution >= 0.6 is 0 Å². The topological polar surface area (TPSA) is 79.0 Å². The summed E-state index contributed by atoms with van der Waals surface area (Å²) in [6, 6.07) is 21.4. The highest BCUT2D eigenvalue weighted by Gasteiger charge is 2.15. The van der Waals surface area contributed by atoms with Crippen LogP contribution in [-0.2, 0) is 6.54 Å². The molecule has 1 saturated heterocycles. The predicted molar refractivity (Wildman–Crippen MR) is 126 cm³/mol. The molecule has 2 heterocycles. The fourth-order valence-corrected chi connectivity index (χ4v) is 3.39. The zero-order chi connectivity index (χ0) is 21.5. The van der Waals surface area contributed by atoms with Crippen molar-refractivity contribution < 1.29 is 4.74 Å². The smallest absolute Gasteiger partial charge is 0.193 e. The van der Waals surface area contributed by atoms with Crippen LogP contribution in [0.5, 0.6) is 11.5 Å². The number of benzene rings is 2. The molecule has 4 rings (SSSR count). The molecule has 0 bridgehead atoms. The van der Waals surface area contributed by atoms with Crippen LogP contribution in [0.1, 0.15) is 5.56 Å². The van der Waals surface area contributed by atoms with Gasteiger partial charge in [0, 0.05) is 44.1 Å². The molecule has 31 heavy (non-hydrogen) atoms. The Morgan fingerprint density at radius 2 is 1.77 bits per heavy atom. The van der Waals surface area contributed by atoms with Gasteiger partial charge in [0.2, 0.25) is 0 Å². The van der Waals surface area contributed by atoms with E-state index in [1.54, 1.807) is 0 Å². The second-order valence-corrected chi connectivity index (χ2v) is 7.58. The Kier molecular flexibility index (Phi) is 6.64. The van der Waals surface area contributed by atoms with Gasteiger partial charge in [0.05, 0.1) is 6.54 Å². The largest absolute Gasteiger partial charge is 0.457 e. The third kappa shape index (κ3) is 5.96. The van der Waals surface area contributed by atoms with Crippen LogP contribution in [0.4, 0.5) is 11.5 Å². The van der Waals surface area contributed by atoms with Gasteiger partial charge in [-0.2, -0.15) is 0 Å². The number of pyridine rings is 1. The van der Waals surface area contributed by atoms with Crippen molar-refractivity contribution in [2.45, 2.75) is 6.54 Å². The molecule has 160 valence electrons. The summed E-state index contributed by atoms with van der Waals surface area (Å²) in [5.74, 6) is 2.87. The standard InChI is InChI=1S/C24H28N6O/c1-29-12-14-30(15-13-29)23-16-19(10-11-26-23)18-27-24(25)28-20-6-5-9-22(17-20)31-21-7-3-2-4-8-21/h2-11,16-17H,12-15,18H2,1H3,(H3,25,27,28). The molecule has 0 unspecified atom stereocenters. The highest BCUT2D eigenvalue weighted by molar-refractivity contribution is 5.92. The van der Waals surface area contributed by atoms with E-state index < -0.39 is 0 Å². The number of hydrogen-bond donors (Lipinski definition) is 2. The zero-order valence-corrected chi connectivity index (χ0v) is 17.7. The first-order valence-electron chi connectivity index (χ1n) is 10.4. The predicted octanol–water partition coefficient (Wildman–Crippen LogP) is 3.55. The number of hydrogen-bond acceptors (Lipinski definition) is 5. The Bertz CT molecular complexity index is 1020. The molecule has 1 aliphatic heterocycles. The normalized spacial score (nSPS) is 15.0. The van der Waals surface area contributed by atoms with Crippen LogP contribution < -0.4 is 20.7 Å². The van der Waals surface area contributed by atoms with Gasteiger partial charge in [0.15, 0.2) is 5.96 Å². The number of likely N-dealkylation sites (N-methyl/N-ethyl adjacent to an activating group) is 1. The lowest BCUT2D eigenvalue weighted by Crippen LogP contribution is -2.44. The van der Waals surface area contributed by atoms with Crippen LogP contribution in [0, 0.1) is 0 Å². The minimum Gasteiger partial charge on any atom is -0.457 e. The molecule has 0 spiro atoms. The maximum atomic E-state index is 6.12. The van der Waals surface area contributed by atoms with Crippen molar-refractivity contribution in [3.8, 4) is 11.5 Å². The van der Waals surface area contributed by atoms with Gasteiger partial charge in [-0.05, 0) is 49.0 Å². The molecule has 1 aliphatic rings. The third-order valence-corrected chi connectivity index (χ3v) is 5.15. The van der Waals surface area contributed by atoms with Crippen LogP contribution in [-0.4, -0.2) is 49.1 Å². The Balaban J connectivity index is 1.36. The first kappa shape index (κ1) is 20.7. The van der Waals surface area contributed by atoms with E-state index in [2.05, 4.69) is 38.2 Å². The number of nitrogens with zero attached hydrogens (tertiary/aromatic N) is 4. The van der Waals surface area contributed by atoms with E-state index in [-0.39, 0.29) is 0 Å². The average molecular weight is 417 g/mol. The van der Waals surface area contributed by atoms with Crippen molar-refractivity contribution in [3.63, 3.8) is 0 Å². The van der Waals surface area contributed by atoms with E-state index >= 15 is 0 Å². The molecule has 7 heteroatoms. The van der Waals surface area contributed by atoms with E-state index in [4.69, 9.17) is 10.5 Å². The maximum Gasteiger partial charge on any atom is 0.193 e. The number of para-hydroxylation sites is 1. The highest BCUT2D eigenvalue weighted by atomic mass is 16.5. The number of guanidine groups is 1. The van der Waals surface area contributed by atoms with Crippen molar-refractivity contribution in [2.24, 2.45) is 10.7 Å². The summed E-state index contributed by atoms with van der Waals surface area (Å²) >= 11 is 0. The molecule has 1 aromatic heterocycles. The molecular weight excluding hydrogens is 388 g/mol. The van der Waals surface area contributed by atoms with Crippen molar-refractivity contribution in [3.05, 3.63) is 78.5 Å². The zero-order valence-electron chi connectivity index (χ0n) is 17.7. The van der Waals surface area contributed by atoms with Crippen molar-refractivity contribution >= 4 is 17.5 Å². The van der Waals surface area contributed by atoms with Gasteiger partial charge < -0.3 is 25.6 Å². The van der Waals surface area contributed by atoms with Gasteiger partial charge in [0.1, 0.15) is 17.3 Å². The number of nitrogens with one attached hydrogen (secondary N) is 1. The van der Waals surface area contributed by atoms with E-state index in [9.17, 15) is 0 Å². The van der Waals surface area contributed by atoms with E-state index in [0.29, 0.717) is 12.5 Å². The number of anilines is 2. The molecule has 2 aromatic carbocycles. The monoisotopic (exact) mass is 416 g/mol. The second-order valence-electron chi connectivity index (χ2n) is 7.58. The molecule has 0 saturated carbocycles. The molecule has 0 aliphatic carbocycles. The first-order valence-corrected chi connectivity index (χ1v) is 10.4. The van der Waals surface area contributed by atoms with Crippen molar-refractivity contribution in [1.29, 1.82) is 0 Å². The van der Waals surface area contributed by atoms with E-state index in [1.807, 2.05) is 66.9 Å². The molecule has 0 amide bonds. The summed E-state index contributed by atoms with van der Waals surface area (Å²) in [6.07, 6.45) is 1.84. The Hall–Kier alpha value is -3.58. The molecule has 3 aromatic rings. The fourth-order valence-electron chi connectivity index (χ4n) is 3.39. The van der Waals surface area contributed by atoms with E-state index in [0.717, 1.165) is 54.7 Å². The minimum absolute atomic E-state index is 0.356. The lowest BCUT2D eigenvalue weighted by atomic mass is 10.2. The van der Waals surface area contributed by atoms with Crippen molar-refractivity contribution in [1.82, 2.24) is 9.88 Å². The number of ether oxygens (including phenoxy) is 1. The quantitative estimate of drug-likeness (QED) is 0.473. The fraction of sp³-hybridized carbons (Fsp3) is 0.250. The Morgan fingerprint density at radius 1 is 1.00 bits per heavy atom. The van der Waals surface area contributed by atoms with E-state index in [1.165, 1.54) is 0 Å². The molecule has 7 nitrogen and oxygen atoms in total.